The number of hydrogen-bond acceptors (Lipinski definition) is 1. The molecule has 0 aromatic carbocycles. The van der Waals surface area contributed by atoms with Crippen molar-refractivity contribution >= 4 is 0 Å². The Morgan fingerprint density at radius 2 is 2.20 bits per heavy atom. The Bertz CT molecular complexity index is 224. The van der Waals surface area contributed by atoms with Gasteiger partial charge in [0.15, 0.2) is 0 Å². The lowest BCUT2D eigenvalue weighted by Gasteiger charge is -2.40. The molecular formula is C14H25N. The lowest BCUT2D eigenvalue weighted by Crippen LogP contribution is -2.48. The molecule has 2 unspecified atom stereocenters. The second kappa shape index (κ2) is 5.56. The summed E-state index contributed by atoms with van der Waals surface area (Å²) in [5, 5.41) is 3.66. The highest BCUT2D eigenvalue weighted by atomic mass is 15.0. The van der Waals surface area contributed by atoms with E-state index in [2.05, 4.69) is 32.0 Å². The predicted molar refractivity (Wildman–Crippen MR) is 66.7 cm³/mol. The molecule has 1 fully saturated rings. The number of rotatable bonds is 4. The van der Waals surface area contributed by atoms with Gasteiger partial charge in [-0.1, -0.05) is 46.0 Å². The highest BCUT2D eigenvalue weighted by Gasteiger charge is 2.32. The van der Waals surface area contributed by atoms with Gasteiger partial charge in [0.1, 0.15) is 0 Å². The fraction of sp³-hybridized carbons (Fsp3) is 0.857. The molecule has 0 spiro atoms. The fourth-order valence-corrected chi connectivity index (χ4v) is 2.55. The van der Waals surface area contributed by atoms with Crippen LogP contribution in [0.2, 0.25) is 0 Å². The Balaban J connectivity index is 2.51. The first-order valence-corrected chi connectivity index (χ1v) is 6.32. The van der Waals surface area contributed by atoms with Crippen molar-refractivity contribution in [1.82, 2.24) is 5.32 Å². The SMILES string of the molecule is C#CC(CCC)NC1CCCCC1(C)C. The molecule has 1 rings (SSSR count). The monoisotopic (exact) mass is 207 g/mol. The summed E-state index contributed by atoms with van der Waals surface area (Å²) in [6, 6.07) is 0.885. The van der Waals surface area contributed by atoms with E-state index in [9.17, 15) is 0 Å². The molecule has 0 aromatic heterocycles. The van der Waals surface area contributed by atoms with E-state index in [0.29, 0.717) is 11.5 Å². The van der Waals surface area contributed by atoms with Crippen LogP contribution in [-0.2, 0) is 0 Å². The van der Waals surface area contributed by atoms with Crippen LogP contribution in [0.25, 0.3) is 0 Å². The predicted octanol–water partition coefficient (Wildman–Crippen LogP) is 3.35. The zero-order valence-electron chi connectivity index (χ0n) is 10.5. The molecule has 0 radical (unpaired) electrons. The summed E-state index contributed by atoms with van der Waals surface area (Å²) in [7, 11) is 0. The molecule has 86 valence electrons. The van der Waals surface area contributed by atoms with Crippen LogP contribution >= 0.6 is 0 Å². The van der Waals surface area contributed by atoms with Crippen LogP contribution in [0.15, 0.2) is 0 Å². The Morgan fingerprint density at radius 3 is 2.73 bits per heavy atom. The van der Waals surface area contributed by atoms with Crippen LogP contribution < -0.4 is 5.32 Å². The van der Waals surface area contributed by atoms with Gasteiger partial charge in [-0.15, -0.1) is 6.42 Å². The van der Waals surface area contributed by atoms with Gasteiger partial charge in [-0.05, 0) is 24.7 Å². The third kappa shape index (κ3) is 3.54. The molecule has 0 aliphatic heterocycles. The molecule has 2 atom stereocenters. The van der Waals surface area contributed by atoms with Gasteiger partial charge >= 0.3 is 0 Å². The van der Waals surface area contributed by atoms with E-state index in [1.165, 1.54) is 25.7 Å². The molecule has 15 heavy (non-hydrogen) atoms. The number of hydrogen-bond donors (Lipinski definition) is 1. The molecule has 1 saturated carbocycles. The number of terminal acetylenes is 1. The quantitative estimate of drug-likeness (QED) is 0.697. The average molecular weight is 207 g/mol. The summed E-state index contributed by atoms with van der Waals surface area (Å²) >= 11 is 0. The van der Waals surface area contributed by atoms with Crippen molar-refractivity contribution in [3.8, 4) is 12.3 Å². The van der Waals surface area contributed by atoms with Crippen LogP contribution in [0.3, 0.4) is 0 Å². The second-order valence-electron chi connectivity index (χ2n) is 5.46. The van der Waals surface area contributed by atoms with Gasteiger partial charge in [-0.2, -0.15) is 0 Å². The maximum atomic E-state index is 5.55. The lowest BCUT2D eigenvalue weighted by molar-refractivity contribution is 0.161. The molecular weight excluding hydrogens is 182 g/mol. The molecule has 1 heteroatoms. The maximum absolute atomic E-state index is 5.55. The van der Waals surface area contributed by atoms with Crippen LogP contribution in [0, 0.1) is 17.8 Å². The second-order valence-corrected chi connectivity index (χ2v) is 5.46. The highest BCUT2D eigenvalue weighted by molar-refractivity contribution is 5.02. The Hall–Kier alpha value is -0.480. The molecule has 1 aliphatic rings. The molecule has 1 aliphatic carbocycles. The molecule has 0 aromatic rings. The van der Waals surface area contributed by atoms with Crippen LogP contribution in [-0.4, -0.2) is 12.1 Å². The van der Waals surface area contributed by atoms with E-state index in [0.717, 1.165) is 12.8 Å². The molecule has 0 bridgehead atoms. The van der Waals surface area contributed by atoms with Gasteiger partial charge in [-0.25, -0.2) is 0 Å². The maximum Gasteiger partial charge on any atom is 0.0689 e. The topological polar surface area (TPSA) is 12.0 Å². The largest absolute Gasteiger partial charge is 0.300 e. The Morgan fingerprint density at radius 1 is 1.47 bits per heavy atom. The first-order valence-electron chi connectivity index (χ1n) is 6.32. The van der Waals surface area contributed by atoms with E-state index in [1.54, 1.807) is 0 Å². The van der Waals surface area contributed by atoms with Crippen molar-refractivity contribution in [3.63, 3.8) is 0 Å². The zero-order valence-corrected chi connectivity index (χ0v) is 10.5. The molecule has 1 N–H and O–H groups in total. The fourth-order valence-electron chi connectivity index (χ4n) is 2.55. The van der Waals surface area contributed by atoms with E-state index in [1.807, 2.05) is 0 Å². The summed E-state index contributed by atoms with van der Waals surface area (Å²) in [4.78, 5) is 0. The highest BCUT2D eigenvalue weighted by Crippen LogP contribution is 2.35. The first kappa shape index (κ1) is 12.6. The summed E-state index contributed by atoms with van der Waals surface area (Å²) < 4.78 is 0. The minimum atomic E-state index is 0.275. The third-order valence-electron chi connectivity index (χ3n) is 3.69. The molecule has 0 amide bonds. The molecule has 0 heterocycles. The summed E-state index contributed by atoms with van der Waals surface area (Å²) in [6.07, 6.45) is 13.2. The van der Waals surface area contributed by atoms with E-state index >= 15 is 0 Å². The third-order valence-corrected chi connectivity index (χ3v) is 3.69. The lowest BCUT2D eigenvalue weighted by atomic mass is 9.73. The smallest absolute Gasteiger partial charge is 0.0689 e. The number of nitrogens with one attached hydrogen (secondary N) is 1. The van der Waals surface area contributed by atoms with Gasteiger partial charge in [-0.3, -0.25) is 0 Å². The minimum Gasteiger partial charge on any atom is -0.300 e. The normalized spacial score (nSPS) is 26.9. The van der Waals surface area contributed by atoms with E-state index in [4.69, 9.17) is 6.42 Å². The summed E-state index contributed by atoms with van der Waals surface area (Å²) in [5.74, 6) is 2.88. The minimum absolute atomic E-state index is 0.275. The van der Waals surface area contributed by atoms with Crippen LogP contribution in [0.5, 0.6) is 0 Å². The van der Waals surface area contributed by atoms with Crippen molar-refractivity contribution < 1.29 is 0 Å². The van der Waals surface area contributed by atoms with E-state index < -0.39 is 0 Å². The molecule has 0 saturated heterocycles. The standard InChI is InChI=1S/C14H25N/c1-5-9-12(6-2)15-13-10-7-8-11-14(13,3)4/h2,12-13,15H,5,7-11H2,1,3-4H3. The Kier molecular flexibility index (Phi) is 4.67. The van der Waals surface area contributed by atoms with Crippen molar-refractivity contribution in [2.24, 2.45) is 5.41 Å². The van der Waals surface area contributed by atoms with Crippen LogP contribution in [0.4, 0.5) is 0 Å². The van der Waals surface area contributed by atoms with Gasteiger partial charge < -0.3 is 5.32 Å². The van der Waals surface area contributed by atoms with Gasteiger partial charge in [0.2, 0.25) is 0 Å². The summed E-state index contributed by atoms with van der Waals surface area (Å²) in [6.45, 7) is 6.92. The van der Waals surface area contributed by atoms with Gasteiger partial charge in [0.05, 0.1) is 6.04 Å². The average Bonchev–Trinajstić information content (AvgIpc) is 2.20. The van der Waals surface area contributed by atoms with Crippen molar-refractivity contribution in [2.75, 3.05) is 0 Å². The summed E-state index contributed by atoms with van der Waals surface area (Å²) in [5.41, 5.74) is 0.418. The van der Waals surface area contributed by atoms with Gasteiger partial charge in [0, 0.05) is 6.04 Å². The van der Waals surface area contributed by atoms with Crippen molar-refractivity contribution in [1.29, 1.82) is 0 Å². The zero-order chi connectivity index (χ0) is 11.3. The first-order chi connectivity index (χ1) is 7.10. The Labute approximate surface area is 95.0 Å². The van der Waals surface area contributed by atoms with Gasteiger partial charge in [0.25, 0.3) is 0 Å². The van der Waals surface area contributed by atoms with Crippen molar-refractivity contribution in [3.05, 3.63) is 0 Å². The van der Waals surface area contributed by atoms with Crippen LogP contribution in [0.1, 0.15) is 59.3 Å². The molecule has 1 nitrogen and oxygen atoms in total. The van der Waals surface area contributed by atoms with E-state index in [-0.39, 0.29) is 6.04 Å². The van der Waals surface area contributed by atoms with Crippen molar-refractivity contribution in [2.45, 2.75) is 71.4 Å².